The Balaban J connectivity index is 2.47. The number of aryl methyl sites for hydroxylation is 1. The molecule has 0 bridgehead atoms. The summed E-state index contributed by atoms with van der Waals surface area (Å²) in [6, 6.07) is 7.81. The number of hydrogen-bond donors (Lipinski definition) is 1. The minimum Gasteiger partial charge on any atom is -0.333 e. The van der Waals surface area contributed by atoms with Crippen LogP contribution < -0.4 is 5.56 Å². The van der Waals surface area contributed by atoms with Crippen LogP contribution in [0, 0.1) is 6.92 Å². The van der Waals surface area contributed by atoms with E-state index in [0.717, 1.165) is 16.5 Å². The van der Waals surface area contributed by atoms with E-state index in [0.29, 0.717) is 18.5 Å². The van der Waals surface area contributed by atoms with E-state index in [2.05, 4.69) is 4.98 Å². The predicted octanol–water partition coefficient (Wildman–Crippen LogP) is 3.37. The van der Waals surface area contributed by atoms with E-state index < -0.39 is 0 Å². The van der Waals surface area contributed by atoms with E-state index in [-0.39, 0.29) is 17.0 Å². The zero-order chi connectivity index (χ0) is 16.5. The minimum atomic E-state index is -0.318. The molecule has 0 saturated heterocycles. The van der Waals surface area contributed by atoms with Crippen LogP contribution in [0.15, 0.2) is 29.1 Å². The topological polar surface area (TPSA) is 53.2 Å². The van der Waals surface area contributed by atoms with Gasteiger partial charge in [-0.1, -0.05) is 18.6 Å². The van der Waals surface area contributed by atoms with Gasteiger partial charge in [0.05, 0.1) is 6.54 Å². The number of rotatable bonds is 3. The molecule has 0 unspecified atom stereocenters. The second-order valence-corrected chi connectivity index (χ2v) is 6.72. The zero-order valence-electron chi connectivity index (χ0n) is 14.0. The van der Waals surface area contributed by atoms with Gasteiger partial charge in [0.1, 0.15) is 0 Å². The van der Waals surface area contributed by atoms with E-state index in [9.17, 15) is 9.59 Å². The van der Waals surface area contributed by atoms with Crippen molar-refractivity contribution in [2.75, 3.05) is 0 Å². The Morgan fingerprint density at radius 1 is 1.23 bits per heavy atom. The van der Waals surface area contributed by atoms with Gasteiger partial charge in [0.25, 0.3) is 5.56 Å². The van der Waals surface area contributed by atoms with Crippen LogP contribution >= 0.6 is 0 Å². The minimum absolute atomic E-state index is 0.0521. The van der Waals surface area contributed by atoms with Gasteiger partial charge in [-0.3, -0.25) is 9.59 Å². The largest absolute Gasteiger partial charge is 0.333 e. The Hall–Kier alpha value is -2.10. The van der Waals surface area contributed by atoms with Crippen molar-refractivity contribution in [3.8, 4) is 0 Å². The normalized spacial score (nSPS) is 11.7. The number of nitrogens with one attached hydrogen (secondary N) is 1. The molecule has 2 rings (SSSR count). The van der Waals surface area contributed by atoms with E-state index in [1.54, 1.807) is 4.90 Å². The Morgan fingerprint density at radius 3 is 2.50 bits per heavy atom. The molecule has 4 nitrogen and oxygen atoms in total. The van der Waals surface area contributed by atoms with Gasteiger partial charge in [0, 0.05) is 23.0 Å². The fourth-order valence-corrected chi connectivity index (χ4v) is 2.55. The molecule has 1 aromatic heterocycles. The summed E-state index contributed by atoms with van der Waals surface area (Å²) in [7, 11) is 0. The number of fused-ring (bicyclic) bond motifs is 1. The molecule has 0 aliphatic rings. The fourth-order valence-electron chi connectivity index (χ4n) is 2.55. The lowest BCUT2D eigenvalue weighted by atomic mass is 10.0. The first kappa shape index (κ1) is 16.3. The summed E-state index contributed by atoms with van der Waals surface area (Å²) in [5.41, 5.74) is 2.14. The highest BCUT2D eigenvalue weighted by Crippen LogP contribution is 2.19. The van der Waals surface area contributed by atoms with Crippen LogP contribution in [-0.2, 0) is 11.3 Å². The maximum absolute atomic E-state index is 12.3. The second kappa shape index (κ2) is 5.95. The lowest BCUT2D eigenvalue weighted by molar-refractivity contribution is -0.136. The smallest absolute Gasteiger partial charge is 0.253 e. The second-order valence-electron chi connectivity index (χ2n) is 6.72. The molecule has 22 heavy (non-hydrogen) atoms. The molecule has 0 spiro atoms. The number of amides is 1. The van der Waals surface area contributed by atoms with E-state index in [1.165, 1.54) is 0 Å². The van der Waals surface area contributed by atoms with Gasteiger partial charge in [-0.2, -0.15) is 0 Å². The summed E-state index contributed by atoms with van der Waals surface area (Å²) in [4.78, 5) is 29.2. The SMILES string of the molecule is CCC(=O)N(Cc1cc2cc(C)ccc2[nH]c1=O)C(C)(C)C. The number of pyridine rings is 1. The van der Waals surface area contributed by atoms with Gasteiger partial charge in [0.15, 0.2) is 0 Å². The lowest BCUT2D eigenvalue weighted by Crippen LogP contribution is -2.45. The van der Waals surface area contributed by atoms with Gasteiger partial charge in [-0.25, -0.2) is 0 Å². The van der Waals surface area contributed by atoms with Crippen LogP contribution in [0.25, 0.3) is 10.9 Å². The molecular weight excluding hydrogens is 276 g/mol. The van der Waals surface area contributed by atoms with Gasteiger partial charge in [-0.05, 0) is 51.3 Å². The van der Waals surface area contributed by atoms with Crippen LogP contribution in [0.5, 0.6) is 0 Å². The highest BCUT2D eigenvalue weighted by molar-refractivity contribution is 5.80. The standard InChI is InChI=1S/C18H24N2O2/c1-6-16(21)20(18(3,4)5)11-14-10-13-9-12(2)7-8-15(13)19-17(14)22/h7-10H,6,11H2,1-5H3,(H,19,22). The van der Waals surface area contributed by atoms with Crippen molar-refractivity contribution in [2.24, 2.45) is 0 Å². The van der Waals surface area contributed by atoms with Crippen LogP contribution in [0.3, 0.4) is 0 Å². The molecule has 1 amide bonds. The van der Waals surface area contributed by atoms with Crippen molar-refractivity contribution in [1.82, 2.24) is 9.88 Å². The maximum Gasteiger partial charge on any atom is 0.253 e. The number of nitrogens with zero attached hydrogens (tertiary/aromatic N) is 1. The average Bonchev–Trinajstić information content (AvgIpc) is 2.43. The molecule has 0 saturated carbocycles. The quantitative estimate of drug-likeness (QED) is 0.945. The molecular formula is C18H24N2O2. The summed E-state index contributed by atoms with van der Waals surface area (Å²) in [6.45, 7) is 10.1. The number of hydrogen-bond acceptors (Lipinski definition) is 2. The zero-order valence-corrected chi connectivity index (χ0v) is 14.0. The Bertz CT molecular complexity index is 754. The van der Waals surface area contributed by atoms with E-state index >= 15 is 0 Å². The monoisotopic (exact) mass is 300 g/mol. The predicted molar refractivity (Wildman–Crippen MR) is 89.9 cm³/mol. The molecule has 4 heteroatoms. The molecule has 0 aliphatic heterocycles. The highest BCUT2D eigenvalue weighted by atomic mass is 16.2. The summed E-state index contributed by atoms with van der Waals surface area (Å²) in [5.74, 6) is 0.0521. The van der Waals surface area contributed by atoms with Gasteiger partial charge in [0.2, 0.25) is 5.91 Å². The average molecular weight is 300 g/mol. The Labute approximate surface area is 131 Å². The van der Waals surface area contributed by atoms with Crippen LogP contribution in [0.1, 0.15) is 45.2 Å². The molecule has 0 fully saturated rings. The summed E-state index contributed by atoms with van der Waals surface area (Å²) >= 11 is 0. The van der Waals surface area contributed by atoms with Crippen LogP contribution in [0.4, 0.5) is 0 Å². The van der Waals surface area contributed by atoms with Crippen molar-refractivity contribution in [2.45, 2.75) is 53.1 Å². The van der Waals surface area contributed by atoms with Crippen molar-refractivity contribution in [3.63, 3.8) is 0 Å². The van der Waals surface area contributed by atoms with Crippen molar-refractivity contribution in [3.05, 3.63) is 45.7 Å². The molecule has 118 valence electrons. The van der Waals surface area contributed by atoms with Crippen molar-refractivity contribution >= 4 is 16.8 Å². The molecule has 0 radical (unpaired) electrons. The van der Waals surface area contributed by atoms with Crippen molar-refractivity contribution in [1.29, 1.82) is 0 Å². The van der Waals surface area contributed by atoms with E-state index in [1.807, 2.05) is 58.9 Å². The van der Waals surface area contributed by atoms with Gasteiger partial charge in [-0.15, -0.1) is 0 Å². The number of carbonyl (C=O) groups is 1. The third-order valence-corrected chi connectivity index (χ3v) is 3.82. The van der Waals surface area contributed by atoms with Crippen LogP contribution in [-0.4, -0.2) is 21.3 Å². The molecule has 2 aromatic rings. The number of aromatic nitrogens is 1. The molecule has 1 aromatic carbocycles. The fraction of sp³-hybridized carbons (Fsp3) is 0.444. The number of benzene rings is 1. The molecule has 1 heterocycles. The van der Waals surface area contributed by atoms with Gasteiger partial charge < -0.3 is 9.88 Å². The third-order valence-electron chi connectivity index (χ3n) is 3.82. The van der Waals surface area contributed by atoms with E-state index in [4.69, 9.17) is 0 Å². The molecule has 1 N–H and O–H groups in total. The number of H-pyrrole nitrogens is 1. The maximum atomic E-state index is 12.3. The Morgan fingerprint density at radius 2 is 1.91 bits per heavy atom. The third kappa shape index (κ3) is 3.38. The molecule has 0 atom stereocenters. The molecule has 0 aliphatic carbocycles. The summed E-state index contributed by atoms with van der Waals surface area (Å²) in [6.07, 6.45) is 0.432. The highest BCUT2D eigenvalue weighted by Gasteiger charge is 2.26. The van der Waals surface area contributed by atoms with Gasteiger partial charge >= 0.3 is 0 Å². The summed E-state index contributed by atoms with van der Waals surface area (Å²) in [5, 5.41) is 0.993. The number of aromatic amines is 1. The Kier molecular flexibility index (Phi) is 4.40. The lowest BCUT2D eigenvalue weighted by Gasteiger charge is -2.35. The first-order chi connectivity index (χ1) is 10.2. The first-order valence-corrected chi connectivity index (χ1v) is 7.65. The number of carbonyl (C=O) groups excluding carboxylic acids is 1. The first-order valence-electron chi connectivity index (χ1n) is 7.65. The summed E-state index contributed by atoms with van der Waals surface area (Å²) < 4.78 is 0. The van der Waals surface area contributed by atoms with Crippen molar-refractivity contribution < 1.29 is 4.79 Å². The van der Waals surface area contributed by atoms with Crippen LogP contribution in [0.2, 0.25) is 0 Å².